The number of aryl methyl sites for hydroxylation is 1. The van der Waals surface area contributed by atoms with Gasteiger partial charge >= 0.3 is 0 Å². The molecule has 0 amide bonds. The van der Waals surface area contributed by atoms with Gasteiger partial charge in [-0.3, -0.25) is 0 Å². The summed E-state index contributed by atoms with van der Waals surface area (Å²) >= 11 is 0. The Morgan fingerprint density at radius 2 is 1.88 bits per heavy atom. The maximum Gasteiger partial charge on any atom is 0.126 e. The van der Waals surface area contributed by atoms with Crippen molar-refractivity contribution in [2.75, 3.05) is 14.2 Å². The van der Waals surface area contributed by atoms with Gasteiger partial charge < -0.3 is 10.1 Å². The van der Waals surface area contributed by atoms with Gasteiger partial charge in [-0.2, -0.15) is 0 Å². The van der Waals surface area contributed by atoms with Gasteiger partial charge in [0.15, 0.2) is 0 Å². The second kappa shape index (κ2) is 6.06. The molecule has 0 saturated heterocycles. The zero-order valence-corrected chi connectivity index (χ0v) is 11.9. The highest BCUT2D eigenvalue weighted by Gasteiger charge is 2.17. The average molecular weight is 235 g/mol. The summed E-state index contributed by atoms with van der Waals surface area (Å²) in [5.74, 6) is 1.70. The summed E-state index contributed by atoms with van der Waals surface area (Å²) in [6, 6.07) is 4.73. The Kier molecular flexibility index (Phi) is 5.01. The molecule has 1 atom stereocenters. The summed E-state index contributed by atoms with van der Waals surface area (Å²) in [5, 5.41) is 3.39. The van der Waals surface area contributed by atoms with Crippen LogP contribution in [0, 0.1) is 19.8 Å². The number of rotatable bonds is 5. The summed E-state index contributed by atoms with van der Waals surface area (Å²) in [6.45, 7) is 8.74. The molecule has 96 valence electrons. The number of hydrogen-bond donors (Lipinski definition) is 1. The molecule has 0 saturated carbocycles. The minimum atomic E-state index is 0.365. The standard InChI is InChI=1S/C15H25NO/c1-10(2)9-14(16-5)13-8-7-11(3)12(4)15(13)17-6/h7-8,10,14,16H,9H2,1-6H3. The molecule has 1 unspecified atom stereocenters. The van der Waals surface area contributed by atoms with Crippen LogP contribution in [0.15, 0.2) is 12.1 Å². The van der Waals surface area contributed by atoms with Crippen LogP contribution in [0.1, 0.15) is 43.0 Å². The highest BCUT2D eigenvalue weighted by molar-refractivity contribution is 5.46. The first-order chi connectivity index (χ1) is 8.01. The van der Waals surface area contributed by atoms with E-state index in [2.05, 4.69) is 45.1 Å². The lowest BCUT2D eigenvalue weighted by Crippen LogP contribution is -2.19. The Bertz CT molecular complexity index is 371. The van der Waals surface area contributed by atoms with E-state index in [0.717, 1.165) is 12.2 Å². The van der Waals surface area contributed by atoms with Gasteiger partial charge in [-0.25, -0.2) is 0 Å². The number of hydrogen-bond acceptors (Lipinski definition) is 2. The molecule has 1 aromatic carbocycles. The molecule has 0 radical (unpaired) electrons. The first kappa shape index (κ1) is 14.0. The van der Waals surface area contributed by atoms with Crippen molar-refractivity contribution in [1.82, 2.24) is 5.32 Å². The van der Waals surface area contributed by atoms with Crippen molar-refractivity contribution >= 4 is 0 Å². The largest absolute Gasteiger partial charge is 0.496 e. The van der Waals surface area contributed by atoms with Crippen molar-refractivity contribution in [3.8, 4) is 5.75 Å². The molecule has 17 heavy (non-hydrogen) atoms. The number of benzene rings is 1. The predicted molar refractivity (Wildman–Crippen MR) is 73.7 cm³/mol. The second-order valence-electron chi connectivity index (χ2n) is 5.10. The minimum absolute atomic E-state index is 0.365. The molecule has 0 aliphatic carbocycles. The van der Waals surface area contributed by atoms with Crippen LogP contribution in [-0.4, -0.2) is 14.2 Å². The molecule has 1 N–H and O–H groups in total. The van der Waals surface area contributed by atoms with Gasteiger partial charge in [-0.1, -0.05) is 26.0 Å². The molecule has 2 heteroatoms. The Morgan fingerprint density at radius 3 is 2.35 bits per heavy atom. The molecule has 0 aliphatic rings. The zero-order valence-electron chi connectivity index (χ0n) is 11.9. The quantitative estimate of drug-likeness (QED) is 0.841. The molecule has 0 aliphatic heterocycles. The van der Waals surface area contributed by atoms with E-state index < -0.39 is 0 Å². The van der Waals surface area contributed by atoms with Gasteiger partial charge in [0.2, 0.25) is 0 Å². The van der Waals surface area contributed by atoms with Crippen LogP contribution in [0.2, 0.25) is 0 Å². The van der Waals surface area contributed by atoms with Gasteiger partial charge in [0.25, 0.3) is 0 Å². The van der Waals surface area contributed by atoms with E-state index in [1.54, 1.807) is 7.11 Å². The first-order valence-corrected chi connectivity index (χ1v) is 6.32. The smallest absolute Gasteiger partial charge is 0.126 e. The molecular formula is C15H25NO. The Morgan fingerprint density at radius 1 is 1.24 bits per heavy atom. The number of methoxy groups -OCH3 is 1. The van der Waals surface area contributed by atoms with E-state index >= 15 is 0 Å². The van der Waals surface area contributed by atoms with Crippen molar-refractivity contribution in [3.63, 3.8) is 0 Å². The average Bonchev–Trinajstić information content (AvgIpc) is 2.29. The van der Waals surface area contributed by atoms with E-state index in [1.807, 2.05) is 7.05 Å². The third kappa shape index (κ3) is 3.22. The monoisotopic (exact) mass is 235 g/mol. The number of ether oxygens (including phenoxy) is 1. The molecule has 0 heterocycles. The van der Waals surface area contributed by atoms with Crippen molar-refractivity contribution in [2.24, 2.45) is 5.92 Å². The van der Waals surface area contributed by atoms with Crippen molar-refractivity contribution in [1.29, 1.82) is 0 Å². The summed E-state index contributed by atoms with van der Waals surface area (Å²) in [5.41, 5.74) is 3.80. The van der Waals surface area contributed by atoms with Crippen LogP contribution in [0.25, 0.3) is 0 Å². The van der Waals surface area contributed by atoms with Crippen molar-refractivity contribution < 1.29 is 4.74 Å². The topological polar surface area (TPSA) is 21.3 Å². The third-order valence-corrected chi connectivity index (χ3v) is 3.34. The highest BCUT2D eigenvalue weighted by atomic mass is 16.5. The van der Waals surface area contributed by atoms with E-state index in [4.69, 9.17) is 4.74 Å². The Balaban J connectivity index is 3.14. The maximum absolute atomic E-state index is 5.58. The summed E-state index contributed by atoms with van der Waals surface area (Å²) < 4.78 is 5.58. The van der Waals surface area contributed by atoms with Gasteiger partial charge in [0, 0.05) is 11.6 Å². The molecule has 1 rings (SSSR count). The highest BCUT2D eigenvalue weighted by Crippen LogP contribution is 2.33. The predicted octanol–water partition coefficient (Wildman–Crippen LogP) is 3.62. The van der Waals surface area contributed by atoms with Gasteiger partial charge in [-0.15, -0.1) is 0 Å². The van der Waals surface area contributed by atoms with Crippen LogP contribution >= 0.6 is 0 Å². The lowest BCUT2D eigenvalue weighted by Gasteiger charge is -2.23. The normalized spacial score (nSPS) is 12.9. The van der Waals surface area contributed by atoms with Gasteiger partial charge in [0.05, 0.1) is 7.11 Å². The van der Waals surface area contributed by atoms with Crippen LogP contribution in [0.4, 0.5) is 0 Å². The van der Waals surface area contributed by atoms with Gasteiger partial charge in [-0.05, 0) is 44.4 Å². The van der Waals surface area contributed by atoms with Crippen LogP contribution < -0.4 is 10.1 Å². The summed E-state index contributed by atoms with van der Waals surface area (Å²) in [6.07, 6.45) is 1.12. The lowest BCUT2D eigenvalue weighted by molar-refractivity contribution is 0.386. The maximum atomic E-state index is 5.58. The fourth-order valence-electron chi connectivity index (χ4n) is 2.23. The fraction of sp³-hybridized carbons (Fsp3) is 0.600. The molecule has 0 spiro atoms. The van der Waals surface area contributed by atoms with Crippen molar-refractivity contribution in [2.45, 2.75) is 40.2 Å². The third-order valence-electron chi connectivity index (χ3n) is 3.34. The summed E-state index contributed by atoms with van der Waals surface area (Å²) in [4.78, 5) is 0. The SMILES string of the molecule is CNC(CC(C)C)c1ccc(C)c(C)c1OC. The Labute approximate surface area is 105 Å². The first-order valence-electron chi connectivity index (χ1n) is 6.32. The number of nitrogens with one attached hydrogen (secondary N) is 1. The molecule has 0 aromatic heterocycles. The molecular weight excluding hydrogens is 210 g/mol. The summed E-state index contributed by atoms with van der Waals surface area (Å²) in [7, 11) is 3.77. The van der Waals surface area contributed by atoms with E-state index in [9.17, 15) is 0 Å². The minimum Gasteiger partial charge on any atom is -0.496 e. The molecule has 2 nitrogen and oxygen atoms in total. The fourth-order valence-corrected chi connectivity index (χ4v) is 2.23. The van der Waals surface area contributed by atoms with Crippen molar-refractivity contribution in [3.05, 3.63) is 28.8 Å². The van der Waals surface area contributed by atoms with E-state index in [-0.39, 0.29) is 0 Å². The Hall–Kier alpha value is -1.02. The molecule has 0 bridgehead atoms. The zero-order chi connectivity index (χ0) is 13.0. The lowest BCUT2D eigenvalue weighted by atomic mass is 9.93. The molecule has 0 fully saturated rings. The van der Waals surface area contributed by atoms with Crippen LogP contribution in [-0.2, 0) is 0 Å². The van der Waals surface area contributed by atoms with Crippen LogP contribution in [0.3, 0.4) is 0 Å². The van der Waals surface area contributed by atoms with Crippen LogP contribution in [0.5, 0.6) is 5.75 Å². The van der Waals surface area contributed by atoms with E-state index in [1.165, 1.54) is 16.7 Å². The van der Waals surface area contributed by atoms with Gasteiger partial charge in [0.1, 0.15) is 5.75 Å². The van der Waals surface area contributed by atoms with E-state index in [0.29, 0.717) is 12.0 Å². The molecule has 1 aromatic rings. The second-order valence-corrected chi connectivity index (χ2v) is 5.10.